The molecule has 0 N–H and O–H groups in total. The smallest absolute Gasteiger partial charge is 0.166 e. The van der Waals surface area contributed by atoms with Crippen molar-refractivity contribution in [2.75, 3.05) is 27.3 Å². The zero-order valence-corrected chi connectivity index (χ0v) is 23.3. The molecule has 0 aliphatic carbocycles. The second-order valence-corrected chi connectivity index (χ2v) is 10.6. The van der Waals surface area contributed by atoms with Crippen molar-refractivity contribution < 1.29 is 18.7 Å². The van der Waals surface area contributed by atoms with Gasteiger partial charge in [0.1, 0.15) is 5.82 Å². The van der Waals surface area contributed by atoms with Gasteiger partial charge in [-0.15, -0.1) is 0 Å². The molecule has 4 nitrogen and oxygen atoms in total. The molecular weight excluding hydrogens is 465 g/mol. The maximum atomic E-state index is 13.2. The lowest BCUT2D eigenvalue weighted by atomic mass is 9.87. The molecule has 2 unspecified atom stereocenters. The number of ether oxygens (including phenoxy) is 2. The summed E-state index contributed by atoms with van der Waals surface area (Å²) in [5, 5.41) is 0. The normalized spacial score (nSPS) is 16.4. The van der Waals surface area contributed by atoms with E-state index in [-0.39, 0.29) is 17.5 Å². The van der Waals surface area contributed by atoms with Crippen LogP contribution in [0.15, 0.2) is 42.5 Å². The number of hydrogen-bond acceptors (Lipinski definition) is 4. The Kier molecular flexibility index (Phi) is 11.9. The monoisotopic (exact) mass is 511 g/mol. The van der Waals surface area contributed by atoms with Gasteiger partial charge in [-0.1, -0.05) is 52.0 Å². The number of likely N-dealkylation sites (tertiary alicyclic amines) is 1. The number of halogens is 1. The van der Waals surface area contributed by atoms with Crippen LogP contribution >= 0.6 is 0 Å². The number of Topliss-reactive ketones (excluding diaryl/α,β-unsaturated/α-hetero) is 1. The van der Waals surface area contributed by atoms with Crippen LogP contribution in [0.3, 0.4) is 0 Å². The first kappa shape index (κ1) is 29.2. The van der Waals surface area contributed by atoms with Crippen molar-refractivity contribution in [1.82, 2.24) is 4.90 Å². The summed E-state index contributed by atoms with van der Waals surface area (Å²) >= 11 is 0. The maximum absolute atomic E-state index is 13.2. The van der Waals surface area contributed by atoms with E-state index in [2.05, 4.69) is 30.9 Å². The molecule has 2 aromatic rings. The Hall–Kier alpha value is -2.40. The average Bonchev–Trinajstić information content (AvgIpc) is 2.94. The number of piperidine rings is 1. The molecule has 0 aromatic heterocycles. The summed E-state index contributed by atoms with van der Waals surface area (Å²) in [5.74, 6) is 1.98. The lowest BCUT2D eigenvalue weighted by Crippen LogP contribution is -2.43. The van der Waals surface area contributed by atoms with Crippen LogP contribution in [-0.4, -0.2) is 44.0 Å². The third kappa shape index (κ3) is 8.56. The van der Waals surface area contributed by atoms with Gasteiger partial charge in [0.15, 0.2) is 17.3 Å². The van der Waals surface area contributed by atoms with Crippen LogP contribution in [0, 0.1) is 11.7 Å². The van der Waals surface area contributed by atoms with Crippen LogP contribution in [0.4, 0.5) is 4.39 Å². The number of ketones is 1. The fourth-order valence-electron chi connectivity index (χ4n) is 5.67. The van der Waals surface area contributed by atoms with Gasteiger partial charge < -0.3 is 14.4 Å². The predicted octanol–water partition coefficient (Wildman–Crippen LogP) is 8.05. The van der Waals surface area contributed by atoms with Crippen LogP contribution < -0.4 is 9.47 Å². The van der Waals surface area contributed by atoms with Gasteiger partial charge in [0.25, 0.3) is 0 Å². The van der Waals surface area contributed by atoms with Gasteiger partial charge in [-0.2, -0.15) is 0 Å². The highest BCUT2D eigenvalue weighted by Gasteiger charge is 2.29. The molecule has 1 heterocycles. The molecule has 0 amide bonds. The second kappa shape index (κ2) is 15.1. The number of hydrogen-bond donors (Lipinski definition) is 0. The van der Waals surface area contributed by atoms with Crippen molar-refractivity contribution >= 4 is 5.78 Å². The summed E-state index contributed by atoms with van der Waals surface area (Å²) in [6.45, 7) is 6.52. The average molecular weight is 512 g/mol. The zero-order valence-electron chi connectivity index (χ0n) is 23.3. The highest BCUT2D eigenvalue weighted by molar-refractivity contribution is 5.97. The molecule has 1 aliphatic heterocycles. The van der Waals surface area contributed by atoms with Gasteiger partial charge in [-0.25, -0.2) is 4.39 Å². The van der Waals surface area contributed by atoms with Gasteiger partial charge in [0.2, 0.25) is 0 Å². The topological polar surface area (TPSA) is 38.8 Å². The number of carbonyl (C=O) groups excluding carboxylic acids is 1. The lowest BCUT2D eigenvalue weighted by molar-refractivity contribution is 0.0766. The first-order chi connectivity index (χ1) is 18.0. The van der Waals surface area contributed by atoms with E-state index >= 15 is 0 Å². The van der Waals surface area contributed by atoms with E-state index in [0.717, 1.165) is 43.9 Å². The third-order valence-electron chi connectivity index (χ3n) is 8.09. The second-order valence-electron chi connectivity index (χ2n) is 10.6. The Bertz CT molecular complexity index is 953. The van der Waals surface area contributed by atoms with E-state index in [4.69, 9.17) is 9.47 Å². The molecule has 1 saturated heterocycles. The maximum Gasteiger partial charge on any atom is 0.166 e. The third-order valence-corrected chi connectivity index (χ3v) is 8.09. The Morgan fingerprint density at radius 3 is 2.16 bits per heavy atom. The largest absolute Gasteiger partial charge is 0.493 e. The van der Waals surface area contributed by atoms with Gasteiger partial charge in [0.05, 0.1) is 14.2 Å². The van der Waals surface area contributed by atoms with Crippen molar-refractivity contribution in [3.63, 3.8) is 0 Å². The summed E-state index contributed by atoms with van der Waals surface area (Å²) in [7, 11) is 3.36. The molecule has 0 saturated carbocycles. The fraction of sp³-hybridized carbons (Fsp3) is 0.594. The first-order valence-electron chi connectivity index (χ1n) is 14.2. The molecule has 3 rings (SSSR count). The van der Waals surface area contributed by atoms with E-state index < -0.39 is 0 Å². The highest BCUT2D eigenvalue weighted by atomic mass is 19.1. The summed E-state index contributed by atoms with van der Waals surface area (Å²) in [4.78, 5) is 15.6. The number of benzene rings is 2. The SMILES string of the molecule is CCCCCC(CCCCC(C)c1ccc(OC)c(OC)c1)N1CCC(C(=O)c2ccc(F)cc2)CC1. The summed E-state index contributed by atoms with van der Waals surface area (Å²) < 4.78 is 24.1. The molecule has 204 valence electrons. The molecule has 0 spiro atoms. The van der Waals surface area contributed by atoms with Crippen LogP contribution in [-0.2, 0) is 0 Å². The van der Waals surface area contributed by atoms with Gasteiger partial charge in [-0.3, -0.25) is 4.79 Å². The molecule has 1 aliphatic rings. The van der Waals surface area contributed by atoms with Crippen LogP contribution in [0.25, 0.3) is 0 Å². The predicted molar refractivity (Wildman–Crippen MR) is 149 cm³/mol. The minimum Gasteiger partial charge on any atom is -0.493 e. The van der Waals surface area contributed by atoms with Crippen molar-refractivity contribution in [2.45, 2.75) is 90.0 Å². The van der Waals surface area contributed by atoms with Gasteiger partial charge in [0, 0.05) is 17.5 Å². The molecule has 2 atom stereocenters. The highest BCUT2D eigenvalue weighted by Crippen LogP contribution is 2.33. The number of nitrogens with zero attached hydrogens (tertiary/aromatic N) is 1. The van der Waals surface area contributed by atoms with Crippen molar-refractivity contribution in [1.29, 1.82) is 0 Å². The van der Waals surface area contributed by atoms with Crippen LogP contribution in [0.1, 0.15) is 99.9 Å². The Labute approximate surface area is 223 Å². The molecule has 0 radical (unpaired) electrons. The Balaban J connectivity index is 1.48. The minimum absolute atomic E-state index is 0.0559. The van der Waals surface area contributed by atoms with Crippen molar-refractivity contribution in [3.05, 3.63) is 59.4 Å². The molecule has 2 aromatic carbocycles. The van der Waals surface area contributed by atoms with E-state index in [1.807, 2.05) is 6.07 Å². The van der Waals surface area contributed by atoms with Crippen molar-refractivity contribution in [3.8, 4) is 11.5 Å². The number of methoxy groups -OCH3 is 2. The molecule has 5 heteroatoms. The molecule has 0 bridgehead atoms. The summed E-state index contributed by atoms with van der Waals surface area (Å²) in [6, 6.07) is 12.9. The lowest BCUT2D eigenvalue weighted by Gasteiger charge is -2.37. The molecule has 1 fully saturated rings. The first-order valence-corrected chi connectivity index (χ1v) is 14.2. The van der Waals surface area contributed by atoms with E-state index in [9.17, 15) is 9.18 Å². The van der Waals surface area contributed by atoms with Gasteiger partial charge >= 0.3 is 0 Å². The van der Waals surface area contributed by atoms with Crippen LogP contribution in [0.5, 0.6) is 11.5 Å². The number of rotatable bonds is 15. The summed E-state index contributed by atoms with van der Waals surface area (Å²) in [6.07, 6.45) is 11.7. The van der Waals surface area contributed by atoms with Crippen LogP contribution in [0.2, 0.25) is 0 Å². The minimum atomic E-state index is -0.292. The Morgan fingerprint density at radius 2 is 1.54 bits per heavy atom. The number of carbonyl (C=O) groups is 1. The molecule has 37 heavy (non-hydrogen) atoms. The standard InChI is InChI=1S/C32H46FNO3/c1-5-6-7-11-29(12-9-8-10-24(2)27-15-18-30(36-3)31(23-27)37-4)34-21-19-26(20-22-34)32(35)25-13-16-28(33)17-14-25/h13-18,23-24,26,29H,5-12,19-22H2,1-4H3. The zero-order chi connectivity index (χ0) is 26.6. The van der Waals surface area contributed by atoms with E-state index in [0.29, 0.717) is 17.5 Å². The summed E-state index contributed by atoms with van der Waals surface area (Å²) in [5.41, 5.74) is 1.94. The molecular formula is C32H46FNO3. The Morgan fingerprint density at radius 1 is 0.919 bits per heavy atom. The van der Waals surface area contributed by atoms with E-state index in [1.165, 1.54) is 62.6 Å². The van der Waals surface area contributed by atoms with Crippen molar-refractivity contribution in [2.24, 2.45) is 5.92 Å². The fourth-order valence-corrected chi connectivity index (χ4v) is 5.67. The quantitative estimate of drug-likeness (QED) is 0.179. The van der Waals surface area contributed by atoms with E-state index in [1.54, 1.807) is 26.4 Å². The van der Waals surface area contributed by atoms with Gasteiger partial charge in [-0.05, 0) is 93.1 Å². The number of unbranched alkanes of at least 4 members (excludes halogenated alkanes) is 3.